The van der Waals surface area contributed by atoms with E-state index in [0.29, 0.717) is 0 Å². The number of aliphatic hydroxyl groups is 1. The molecule has 0 spiro atoms. The van der Waals surface area contributed by atoms with E-state index in [0.717, 1.165) is 29.3 Å². The first-order chi connectivity index (χ1) is 9.78. The lowest BCUT2D eigenvalue weighted by Crippen LogP contribution is -2.25. The van der Waals surface area contributed by atoms with Crippen LogP contribution >= 0.6 is 11.8 Å². The largest absolute Gasteiger partial charge is 0.390 e. The molecule has 0 saturated carbocycles. The molecule has 3 N–H and O–H groups in total. The van der Waals surface area contributed by atoms with Crippen molar-refractivity contribution in [3.8, 4) is 0 Å². The van der Waals surface area contributed by atoms with Crippen LogP contribution in [-0.4, -0.2) is 34.7 Å². The van der Waals surface area contributed by atoms with E-state index in [9.17, 15) is 9.90 Å². The third kappa shape index (κ3) is 8.09. The van der Waals surface area contributed by atoms with E-state index in [-0.39, 0.29) is 11.9 Å². The standard InChI is InChI=1S/C16H26N2O2S/c1-12(17-8-9-21-11-16(3,4)20)14-6-5-7-15(10-14)18-13(2)19/h5-7,10,12,17,20H,8-9,11H2,1-4H3,(H,18,19). The molecule has 0 bridgehead atoms. The van der Waals surface area contributed by atoms with Crippen LogP contribution in [0.3, 0.4) is 0 Å². The quantitative estimate of drug-likeness (QED) is 0.646. The molecule has 0 saturated heterocycles. The van der Waals surface area contributed by atoms with Gasteiger partial charge in [0.15, 0.2) is 0 Å². The van der Waals surface area contributed by atoms with Crippen molar-refractivity contribution in [1.29, 1.82) is 0 Å². The van der Waals surface area contributed by atoms with Gasteiger partial charge in [-0.1, -0.05) is 12.1 Å². The van der Waals surface area contributed by atoms with Crippen molar-refractivity contribution < 1.29 is 9.90 Å². The summed E-state index contributed by atoms with van der Waals surface area (Å²) in [6.45, 7) is 8.14. The van der Waals surface area contributed by atoms with Crippen LogP contribution in [0.25, 0.3) is 0 Å². The number of rotatable bonds is 8. The topological polar surface area (TPSA) is 61.4 Å². The maximum Gasteiger partial charge on any atom is 0.221 e. The molecule has 0 aromatic heterocycles. The fourth-order valence-corrected chi connectivity index (χ4v) is 2.78. The molecule has 0 fully saturated rings. The lowest BCUT2D eigenvalue weighted by Gasteiger charge is -2.18. The summed E-state index contributed by atoms with van der Waals surface area (Å²) in [5.74, 6) is 1.64. The number of thioether (sulfide) groups is 1. The number of hydrogen-bond donors (Lipinski definition) is 3. The third-order valence-electron chi connectivity index (χ3n) is 2.86. The van der Waals surface area contributed by atoms with Gasteiger partial charge >= 0.3 is 0 Å². The molecule has 1 aromatic rings. The molecule has 5 heteroatoms. The molecule has 1 atom stereocenters. The van der Waals surface area contributed by atoms with Gasteiger partial charge in [0.1, 0.15) is 0 Å². The summed E-state index contributed by atoms with van der Waals surface area (Å²) in [6, 6.07) is 8.09. The van der Waals surface area contributed by atoms with Crippen LogP contribution < -0.4 is 10.6 Å². The summed E-state index contributed by atoms with van der Waals surface area (Å²) in [5, 5.41) is 15.9. The Labute approximate surface area is 131 Å². The van der Waals surface area contributed by atoms with E-state index >= 15 is 0 Å². The molecule has 1 rings (SSSR count). The van der Waals surface area contributed by atoms with E-state index in [2.05, 4.69) is 17.6 Å². The van der Waals surface area contributed by atoms with Crippen LogP contribution in [0.4, 0.5) is 5.69 Å². The molecule has 118 valence electrons. The maximum absolute atomic E-state index is 11.1. The Morgan fingerprint density at radius 2 is 2.14 bits per heavy atom. The van der Waals surface area contributed by atoms with E-state index in [1.807, 2.05) is 38.1 Å². The predicted molar refractivity (Wildman–Crippen MR) is 90.8 cm³/mol. The number of benzene rings is 1. The van der Waals surface area contributed by atoms with Gasteiger partial charge in [-0.05, 0) is 38.5 Å². The Balaban J connectivity index is 2.38. The zero-order valence-corrected chi connectivity index (χ0v) is 14.1. The van der Waals surface area contributed by atoms with Gasteiger partial charge in [0.05, 0.1) is 5.60 Å². The van der Waals surface area contributed by atoms with E-state index in [4.69, 9.17) is 0 Å². The molecule has 0 aliphatic rings. The highest BCUT2D eigenvalue weighted by Crippen LogP contribution is 2.18. The number of nitrogens with one attached hydrogen (secondary N) is 2. The molecular weight excluding hydrogens is 284 g/mol. The summed E-state index contributed by atoms with van der Waals surface area (Å²) in [5.41, 5.74) is 1.36. The van der Waals surface area contributed by atoms with Crippen LogP contribution in [0.1, 0.15) is 39.3 Å². The molecule has 0 aliphatic heterocycles. The lowest BCUT2D eigenvalue weighted by atomic mass is 10.1. The van der Waals surface area contributed by atoms with Crippen molar-refractivity contribution in [2.24, 2.45) is 0 Å². The number of carbonyl (C=O) groups is 1. The second-order valence-corrected chi connectivity index (χ2v) is 6.95. The fraction of sp³-hybridized carbons (Fsp3) is 0.562. The van der Waals surface area contributed by atoms with Crippen LogP contribution in [0.15, 0.2) is 24.3 Å². The van der Waals surface area contributed by atoms with Crippen LogP contribution in [0, 0.1) is 0 Å². The highest BCUT2D eigenvalue weighted by Gasteiger charge is 2.12. The zero-order chi connectivity index (χ0) is 15.9. The first-order valence-electron chi connectivity index (χ1n) is 7.19. The van der Waals surface area contributed by atoms with Gasteiger partial charge in [-0.15, -0.1) is 0 Å². The highest BCUT2D eigenvalue weighted by molar-refractivity contribution is 7.99. The minimum Gasteiger partial charge on any atom is -0.390 e. The van der Waals surface area contributed by atoms with Gasteiger partial charge in [-0.3, -0.25) is 4.79 Å². The molecule has 1 unspecified atom stereocenters. The number of anilines is 1. The van der Waals surface area contributed by atoms with Gasteiger partial charge in [-0.25, -0.2) is 0 Å². The van der Waals surface area contributed by atoms with Gasteiger partial charge < -0.3 is 15.7 Å². The summed E-state index contributed by atoms with van der Waals surface area (Å²) in [4.78, 5) is 11.1. The summed E-state index contributed by atoms with van der Waals surface area (Å²) in [6.07, 6.45) is 0. The smallest absolute Gasteiger partial charge is 0.221 e. The minimum absolute atomic E-state index is 0.0595. The average molecular weight is 310 g/mol. The van der Waals surface area contributed by atoms with Crippen LogP contribution in [0.2, 0.25) is 0 Å². The first kappa shape index (κ1) is 18.0. The lowest BCUT2D eigenvalue weighted by molar-refractivity contribution is -0.114. The van der Waals surface area contributed by atoms with Crippen molar-refractivity contribution in [3.63, 3.8) is 0 Å². The third-order valence-corrected chi connectivity index (χ3v) is 4.26. The highest BCUT2D eigenvalue weighted by atomic mass is 32.2. The summed E-state index contributed by atoms with van der Waals surface area (Å²) >= 11 is 1.74. The van der Waals surface area contributed by atoms with Crippen molar-refractivity contribution in [1.82, 2.24) is 5.32 Å². The normalized spacial score (nSPS) is 13.0. The second kappa shape index (κ2) is 8.41. The van der Waals surface area contributed by atoms with E-state index in [1.54, 1.807) is 11.8 Å². The molecule has 1 amide bonds. The van der Waals surface area contributed by atoms with Crippen molar-refractivity contribution in [2.45, 2.75) is 39.3 Å². The Morgan fingerprint density at radius 3 is 2.76 bits per heavy atom. The SMILES string of the molecule is CC(=O)Nc1cccc(C(C)NCCSCC(C)(C)O)c1. The van der Waals surface area contributed by atoms with Gasteiger partial charge in [0.25, 0.3) is 0 Å². The van der Waals surface area contributed by atoms with Gasteiger partial charge in [-0.2, -0.15) is 11.8 Å². The Bertz CT molecular complexity index is 458. The number of hydrogen-bond acceptors (Lipinski definition) is 4. The zero-order valence-electron chi connectivity index (χ0n) is 13.3. The van der Waals surface area contributed by atoms with Crippen molar-refractivity contribution in [2.75, 3.05) is 23.4 Å². The molecule has 4 nitrogen and oxygen atoms in total. The summed E-state index contributed by atoms with van der Waals surface area (Å²) < 4.78 is 0. The van der Waals surface area contributed by atoms with Crippen LogP contribution in [0.5, 0.6) is 0 Å². The van der Waals surface area contributed by atoms with Gasteiger partial charge in [0.2, 0.25) is 5.91 Å². The maximum atomic E-state index is 11.1. The Kier molecular flexibility index (Phi) is 7.22. The van der Waals surface area contributed by atoms with Gasteiger partial charge in [0, 0.05) is 36.7 Å². The first-order valence-corrected chi connectivity index (χ1v) is 8.34. The van der Waals surface area contributed by atoms with Crippen LogP contribution in [-0.2, 0) is 4.79 Å². The Morgan fingerprint density at radius 1 is 1.43 bits per heavy atom. The minimum atomic E-state index is -0.608. The number of carbonyl (C=O) groups excluding carboxylic acids is 1. The molecule has 21 heavy (non-hydrogen) atoms. The molecule has 0 heterocycles. The molecule has 0 aliphatic carbocycles. The Hall–Kier alpha value is -1.04. The number of amides is 1. The molecule has 0 radical (unpaired) electrons. The van der Waals surface area contributed by atoms with Crippen molar-refractivity contribution in [3.05, 3.63) is 29.8 Å². The van der Waals surface area contributed by atoms with E-state index < -0.39 is 5.60 Å². The monoisotopic (exact) mass is 310 g/mol. The molecular formula is C16H26N2O2S. The predicted octanol–water partition coefficient (Wildman–Crippen LogP) is 2.80. The average Bonchev–Trinajstić information content (AvgIpc) is 2.36. The van der Waals surface area contributed by atoms with E-state index in [1.165, 1.54) is 6.92 Å². The fourth-order valence-electron chi connectivity index (χ4n) is 1.88. The molecule has 1 aromatic carbocycles. The van der Waals surface area contributed by atoms with Crippen molar-refractivity contribution >= 4 is 23.4 Å². The second-order valence-electron chi connectivity index (χ2n) is 5.85. The summed E-state index contributed by atoms with van der Waals surface area (Å²) in [7, 11) is 0.